The zero-order chi connectivity index (χ0) is 14.7. The van der Waals surface area contributed by atoms with E-state index in [-0.39, 0.29) is 6.10 Å². The van der Waals surface area contributed by atoms with Crippen LogP contribution in [-0.2, 0) is 11.3 Å². The van der Waals surface area contributed by atoms with Crippen LogP contribution < -0.4 is 5.32 Å². The first-order valence-electron chi connectivity index (χ1n) is 7.62. The molecular formula is C15H28N4O. The van der Waals surface area contributed by atoms with E-state index in [0.29, 0.717) is 6.04 Å². The predicted octanol–water partition coefficient (Wildman–Crippen LogP) is 1.50. The van der Waals surface area contributed by atoms with Gasteiger partial charge in [0.1, 0.15) is 0 Å². The van der Waals surface area contributed by atoms with Crippen LogP contribution in [0.5, 0.6) is 0 Å². The summed E-state index contributed by atoms with van der Waals surface area (Å²) in [6.45, 7) is 13.4. The Kier molecular flexibility index (Phi) is 5.18. The molecule has 1 aromatic heterocycles. The molecular weight excluding hydrogens is 252 g/mol. The molecule has 0 bridgehead atoms. The second kappa shape index (κ2) is 6.70. The molecule has 1 N–H and O–H groups in total. The van der Waals surface area contributed by atoms with Crippen LogP contribution in [0.4, 0.5) is 0 Å². The average molecular weight is 280 g/mol. The summed E-state index contributed by atoms with van der Waals surface area (Å²) in [5.41, 5.74) is 3.85. The number of hydrogen-bond donors (Lipinski definition) is 1. The molecule has 1 aromatic rings. The molecule has 2 unspecified atom stereocenters. The maximum Gasteiger partial charge on any atom is 0.0826 e. The average Bonchev–Trinajstić information content (AvgIpc) is 2.73. The van der Waals surface area contributed by atoms with Gasteiger partial charge in [0, 0.05) is 43.5 Å². The van der Waals surface area contributed by atoms with Gasteiger partial charge >= 0.3 is 0 Å². The summed E-state index contributed by atoms with van der Waals surface area (Å²) >= 11 is 0. The fraction of sp³-hybridized carbons (Fsp3) is 0.800. The van der Waals surface area contributed by atoms with Crippen molar-refractivity contribution in [2.24, 2.45) is 0 Å². The van der Waals surface area contributed by atoms with Crippen molar-refractivity contribution in [2.75, 3.05) is 33.3 Å². The van der Waals surface area contributed by atoms with Crippen LogP contribution in [0.25, 0.3) is 0 Å². The number of hydrogen-bond acceptors (Lipinski definition) is 4. The van der Waals surface area contributed by atoms with E-state index < -0.39 is 0 Å². The Hall–Kier alpha value is -0.910. The van der Waals surface area contributed by atoms with Crippen LogP contribution in [0, 0.1) is 13.8 Å². The van der Waals surface area contributed by atoms with Gasteiger partial charge in [0.05, 0.1) is 18.4 Å². The van der Waals surface area contributed by atoms with Crippen molar-refractivity contribution in [1.82, 2.24) is 20.0 Å². The Morgan fingerprint density at radius 2 is 2.20 bits per heavy atom. The van der Waals surface area contributed by atoms with E-state index in [0.717, 1.165) is 38.5 Å². The molecule has 0 amide bonds. The number of nitrogens with zero attached hydrogens (tertiary/aromatic N) is 3. The van der Waals surface area contributed by atoms with Crippen LogP contribution in [-0.4, -0.2) is 54.1 Å². The fourth-order valence-corrected chi connectivity index (χ4v) is 3.25. The topological polar surface area (TPSA) is 42.3 Å². The third-order valence-corrected chi connectivity index (χ3v) is 4.30. The highest BCUT2D eigenvalue weighted by atomic mass is 16.5. The minimum atomic E-state index is 0.290. The summed E-state index contributed by atoms with van der Waals surface area (Å²) in [7, 11) is 1.98. The summed E-state index contributed by atoms with van der Waals surface area (Å²) in [6.07, 6.45) is 0.290. The summed E-state index contributed by atoms with van der Waals surface area (Å²) in [4.78, 5) is 2.52. The van der Waals surface area contributed by atoms with E-state index in [4.69, 9.17) is 4.74 Å². The van der Waals surface area contributed by atoms with Gasteiger partial charge in [0.15, 0.2) is 0 Å². The van der Waals surface area contributed by atoms with Crippen molar-refractivity contribution < 1.29 is 4.74 Å². The molecule has 0 aromatic carbocycles. The van der Waals surface area contributed by atoms with Crippen LogP contribution in [0.2, 0.25) is 0 Å². The molecule has 2 heterocycles. The smallest absolute Gasteiger partial charge is 0.0826 e. The van der Waals surface area contributed by atoms with Crippen molar-refractivity contribution in [3.8, 4) is 0 Å². The maximum absolute atomic E-state index is 5.80. The van der Waals surface area contributed by atoms with E-state index in [9.17, 15) is 0 Å². The van der Waals surface area contributed by atoms with Crippen LogP contribution >= 0.6 is 0 Å². The molecule has 114 valence electrons. The highest BCUT2D eigenvalue weighted by molar-refractivity contribution is 5.28. The fourth-order valence-electron chi connectivity index (χ4n) is 3.25. The number of morpholine rings is 1. The van der Waals surface area contributed by atoms with Crippen LogP contribution in [0.15, 0.2) is 0 Å². The first-order valence-corrected chi connectivity index (χ1v) is 7.62. The molecule has 2 rings (SSSR count). The lowest BCUT2D eigenvalue weighted by molar-refractivity contribution is -0.0394. The first-order chi connectivity index (χ1) is 9.58. The van der Waals surface area contributed by atoms with Gasteiger partial charge in [0.25, 0.3) is 0 Å². The Bertz CT molecular complexity index is 441. The van der Waals surface area contributed by atoms with Gasteiger partial charge < -0.3 is 10.1 Å². The SMILES string of the molecule is CCn1nc(C)c(C(C)N2CCOC(CNC)C2)c1C. The zero-order valence-electron chi connectivity index (χ0n) is 13.4. The highest BCUT2D eigenvalue weighted by Crippen LogP contribution is 2.27. The lowest BCUT2D eigenvalue weighted by Gasteiger charge is -2.37. The van der Waals surface area contributed by atoms with Gasteiger partial charge in [-0.15, -0.1) is 0 Å². The summed E-state index contributed by atoms with van der Waals surface area (Å²) in [5, 5.41) is 7.85. The normalized spacial score (nSPS) is 22.1. The second-order valence-corrected chi connectivity index (χ2v) is 5.62. The third-order valence-electron chi connectivity index (χ3n) is 4.30. The molecule has 1 fully saturated rings. The van der Waals surface area contributed by atoms with E-state index in [1.54, 1.807) is 0 Å². The number of aromatic nitrogens is 2. The molecule has 20 heavy (non-hydrogen) atoms. The molecule has 1 saturated heterocycles. The number of nitrogens with one attached hydrogen (secondary N) is 1. The van der Waals surface area contributed by atoms with Crippen LogP contribution in [0.1, 0.15) is 36.8 Å². The minimum Gasteiger partial charge on any atom is -0.374 e. The van der Waals surface area contributed by atoms with Gasteiger partial charge in [-0.2, -0.15) is 5.10 Å². The summed E-state index contributed by atoms with van der Waals surface area (Å²) < 4.78 is 7.90. The number of rotatable bonds is 5. The van der Waals surface area contributed by atoms with Crippen molar-refractivity contribution in [2.45, 2.75) is 46.4 Å². The lowest BCUT2D eigenvalue weighted by atomic mass is 10.0. The van der Waals surface area contributed by atoms with Crippen molar-refractivity contribution in [3.63, 3.8) is 0 Å². The standard InChI is InChI=1S/C15H28N4O/c1-6-19-13(4)15(11(2)17-19)12(3)18-7-8-20-14(10-18)9-16-5/h12,14,16H,6-10H2,1-5H3. The highest BCUT2D eigenvalue weighted by Gasteiger charge is 2.27. The first kappa shape index (κ1) is 15.5. The molecule has 0 radical (unpaired) electrons. The van der Waals surface area contributed by atoms with E-state index in [2.05, 4.69) is 47.7 Å². The Morgan fingerprint density at radius 1 is 1.45 bits per heavy atom. The second-order valence-electron chi connectivity index (χ2n) is 5.62. The van der Waals surface area contributed by atoms with Crippen LogP contribution in [0.3, 0.4) is 0 Å². The van der Waals surface area contributed by atoms with E-state index in [1.165, 1.54) is 11.3 Å². The Morgan fingerprint density at radius 3 is 2.80 bits per heavy atom. The Labute approximate surface area is 122 Å². The van der Waals surface area contributed by atoms with Gasteiger partial charge in [-0.1, -0.05) is 0 Å². The predicted molar refractivity (Wildman–Crippen MR) is 81.0 cm³/mol. The number of aryl methyl sites for hydroxylation is 2. The molecule has 0 saturated carbocycles. The molecule has 1 aliphatic rings. The summed E-state index contributed by atoms with van der Waals surface area (Å²) in [6, 6.07) is 0.401. The lowest BCUT2D eigenvalue weighted by Crippen LogP contribution is -2.47. The Balaban J connectivity index is 2.14. The monoisotopic (exact) mass is 280 g/mol. The molecule has 2 atom stereocenters. The maximum atomic E-state index is 5.80. The number of likely N-dealkylation sites (N-methyl/N-ethyl adjacent to an activating group) is 1. The number of ether oxygens (including phenoxy) is 1. The zero-order valence-corrected chi connectivity index (χ0v) is 13.4. The quantitative estimate of drug-likeness (QED) is 0.887. The van der Waals surface area contributed by atoms with E-state index in [1.807, 2.05) is 7.05 Å². The molecule has 5 nitrogen and oxygen atoms in total. The van der Waals surface area contributed by atoms with Crippen molar-refractivity contribution >= 4 is 0 Å². The minimum absolute atomic E-state index is 0.290. The van der Waals surface area contributed by atoms with Gasteiger partial charge in [-0.25, -0.2) is 0 Å². The van der Waals surface area contributed by atoms with Gasteiger partial charge in [0.2, 0.25) is 0 Å². The molecule has 5 heteroatoms. The van der Waals surface area contributed by atoms with Gasteiger partial charge in [-0.3, -0.25) is 9.58 Å². The van der Waals surface area contributed by atoms with Gasteiger partial charge in [-0.05, 0) is 34.7 Å². The summed E-state index contributed by atoms with van der Waals surface area (Å²) in [5.74, 6) is 0. The largest absolute Gasteiger partial charge is 0.374 e. The van der Waals surface area contributed by atoms with E-state index >= 15 is 0 Å². The van der Waals surface area contributed by atoms with Crippen molar-refractivity contribution in [3.05, 3.63) is 17.0 Å². The van der Waals surface area contributed by atoms with Crippen molar-refractivity contribution in [1.29, 1.82) is 0 Å². The molecule has 0 spiro atoms. The molecule has 0 aliphatic carbocycles. The molecule has 1 aliphatic heterocycles. The third kappa shape index (κ3) is 3.05.